The molecule has 0 saturated heterocycles. The fourth-order valence-electron chi connectivity index (χ4n) is 10.2. The van der Waals surface area contributed by atoms with Crippen molar-refractivity contribution in [2.45, 2.75) is 115 Å². The molecule has 0 spiro atoms. The van der Waals surface area contributed by atoms with Crippen LogP contribution in [0, 0.1) is 0 Å². The number of furan rings is 2. The number of amides is 2. The molecule has 0 bridgehead atoms. The standard InChI is InChI=1S/C31H32F3N3O3S.C30H30F3N3O4S/c1-5-9-24-27-22(17-37(24)41(39)30(2,3)4)15-23(29(38)35-18-31(32,33)34)36-28(27)21-12-8-11-19(14-21)26-16-20-10-6-7-13-25(20)40-26;1-29(2,3)41(39)36-16-21-14-22(28(38)34-17-30(31,32)33)35-27(26(21)23(36)11-12-37)20-9-6-8-18(13-20)25-15-19-7-4-5-10-24(19)40-25/h6-8,10-16,24H,5,9,17-18H2,1-4H3,(H,35,38);4-10,13-15,23,37H,11-12,16-17H2,1-3H3,(H,34,38)/t24-,41-;23-,41-/m11/s1. The van der Waals surface area contributed by atoms with Gasteiger partial charge in [0.05, 0.1) is 33.0 Å². The molecule has 0 aliphatic carbocycles. The van der Waals surface area contributed by atoms with E-state index in [1.54, 1.807) is 10.4 Å². The van der Waals surface area contributed by atoms with Crippen LogP contribution in [-0.2, 0) is 35.1 Å². The van der Waals surface area contributed by atoms with E-state index in [0.717, 1.165) is 50.6 Å². The average Bonchev–Trinajstić information content (AvgIpc) is 4.15. The zero-order chi connectivity index (χ0) is 59.1. The van der Waals surface area contributed by atoms with Gasteiger partial charge in [-0.2, -0.15) is 26.3 Å². The Hall–Kier alpha value is -7.04. The van der Waals surface area contributed by atoms with Crippen LogP contribution in [0.25, 0.3) is 67.1 Å². The maximum atomic E-state index is 13.6. The maximum absolute atomic E-state index is 13.6. The van der Waals surface area contributed by atoms with E-state index < -0.39 is 74.8 Å². The summed E-state index contributed by atoms with van der Waals surface area (Å²) in [6.45, 7) is 10.6. The van der Waals surface area contributed by atoms with Crippen LogP contribution in [0.5, 0.6) is 0 Å². The summed E-state index contributed by atoms with van der Waals surface area (Å²) in [7, 11) is -2.85. The Morgan fingerprint density at radius 3 is 1.33 bits per heavy atom. The molecular weight excluding hydrogens is 1110 g/mol. The Morgan fingerprint density at radius 2 is 0.963 bits per heavy atom. The second-order valence-corrected chi connectivity index (χ2v) is 26.5. The van der Waals surface area contributed by atoms with Gasteiger partial charge in [-0.1, -0.05) is 86.1 Å². The van der Waals surface area contributed by atoms with Gasteiger partial charge in [-0.3, -0.25) is 9.59 Å². The van der Waals surface area contributed by atoms with Crippen LogP contribution >= 0.6 is 0 Å². The summed E-state index contributed by atoms with van der Waals surface area (Å²) in [5.74, 6) is -0.605. The first-order valence-electron chi connectivity index (χ1n) is 26.7. The van der Waals surface area contributed by atoms with E-state index in [1.807, 2.05) is 167 Å². The van der Waals surface area contributed by atoms with Gasteiger partial charge in [0.15, 0.2) is 0 Å². The van der Waals surface area contributed by atoms with Crippen molar-refractivity contribution in [3.8, 4) is 45.2 Å². The number of alkyl halides is 6. The largest absolute Gasteiger partial charge is 0.456 e. The molecule has 3 N–H and O–H groups in total. The number of benzene rings is 4. The Kier molecular flexibility index (Phi) is 17.2. The Balaban J connectivity index is 0.000000198. The minimum absolute atomic E-state index is 0.115. The molecule has 2 aliphatic heterocycles. The first-order valence-corrected chi connectivity index (χ1v) is 28.9. The van der Waals surface area contributed by atoms with Crippen molar-refractivity contribution in [2.24, 2.45) is 0 Å². The summed E-state index contributed by atoms with van der Waals surface area (Å²) < 4.78 is 119. The molecular formula is C61H62F6N6O7S2. The highest BCUT2D eigenvalue weighted by molar-refractivity contribution is 7.84. The van der Waals surface area contributed by atoms with Crippen LogP contribution in [-0.4, -0.2) is 85.5 Å². The predicted octanol–water partition coefficient (Wildman–Crippen LogP) is 13.7. The van der Waals surface area contributed by atoms with E-state index in [2.05, 4.69) is 9.97 Å². The molecule has 0 saturated carbocycles. The summed E-state index contributed by atoms with van der Waals surface area (Å²) in [6.07, 6.45) is -7.36. The van der Waals surface area contributed by atoms with Crippen molar-refractivity contribution in [1.82, 2.24) is 29.2 Å². The number of fused-ring (bicyclic) bond motifs is 4. The number of aliphatic hydroxyl groups is 1. The second-order valence-electron chi connectivity index (χ2n) is 22.1. The molecule has 4 aromatic heterocycles. The average molecular weight is 1170 g/mol. The topological polar surface area (TPSA) is 171 Å². The van der Waals surface area contributed by atoms with Crippen LogP contribution in [0.3, 0.4) is 0 Å². The molecule has 2 amide bonds. The van der Waals surface area contributed by atoms with Crippen molar-refractivity contribution in [1.29, 1.82) is 0 Å². The third-order valence-electron chi connectivity index (χ3n) is 13.8. The number of carbonyl (C=O) groups excluding carboxylic acids is 2. The Morgan fingerprint density at radius 1 is 0.573 bits per heavy atom. The van der Waals surface area contributed by atoms with E-state index >= 15 is 0 Å². The smallest absolute Gasteiger partial charge is 0.405 e. The zero-order valence-corrected chi connectivity index (χ0v) is 47.8. The van der Waals surface area contributed by atoms with Crippen molar-refractivity contribution in [2.75, 3.05) is 19.7 Å². The molecule has 0 radical (unpaired) electrons. The minimum atomic E-state index is -4.58. The lowest BCUT2D eigenvalue weighted by Gasteiger charge is -2.30. The van der Waals surface area contributed by atoms with Crippen LogP contribution < -0.4 is 10.6 Å². The minimum Gasteiger partial charge on any atom is -0.456 e. The molecule has 13 nitrogen and oxygen atoms in total. The Labute approximate surface area is 475 Å². The Bertz CT molecular complexity index is 3430. The summed E-state index contributed by atoms with van der Waals surface area (Å²) in [5.41, 5.74) is 7.77. The van der Waals surface area contributed by atoms with Crippen molar-refractivity contribution in [3.05, 3.63) is 155 Å². The molecule has 4 aromatic carbocycles. The van der Waals surface area contributed by atoms with E-state index in [-0.39, 0.29) is 37.0 Å². The number of hydrogen-bond acceptors (Lipinski definition) is 9. The van der Waals surface area contributed by atoms with Gasteiger partial charge in [0.2, 0.25) is 0 Å². The summed E-state index contributed by atoms with van der Waals surface area (Å²) in [6, 6.07) is 36.3. The maximum Gasteiger partial charge on any atom is 0.405 e. The molecule has 8 aromatic rings. The summed E-state index contributed by atoms with van der Waals surface area (Å²) >= 11 is 0. The molecule has 10 rings (SSSR count). The normalized spacial score (nSPS) is 16.6. The third kappa shape index (κ3) is 13.2. The first kappa shape index (κ1) is 59.6. The number of hydrogen-bond donors (Lipinski definition) is 3. The molecule has 82 heavy (non-hydrogen) atoms. The van der Waals surface area contributed by atoms with Gasteiger partial charge in [0.25, 0.3) is 11.8 Å². The van der Waals surface area contributed by atoms with Crippen LogP contribution in [0.2, 0.25) is 0 Å². The molecule has 0 unspecified atom stereocenters. The van der Waals surface area contributed by atoms with Gasteiger partial charge in [-0.15, -0.1) is 0 Å². The predicted molar refractivity (Wildman–Crippen MR) is 306 cm³/mol. The van der Waals surface area contributed by atoms with Crippen LogP contribution in [0.15, 0.2) is 130 Å². The lowest BCUT2D eigenvalue weighted by Crippen LogP contribution is -2.36. The lowest BCUT2D eigenvalue weighted by molar-refractivity contribution is -0.123. The van der Waals surface area contributed by atoms with Gasteiger partial charge in [0, 0.05) is 63.8 Å². The number of para-hydroxylation sites is 2. The monoisotopic (exact) mass is 1170 g/mol. The molecule has 4 atom stereocenters. The van der Waals surface area contributed by atoms with E-state index in [9.17, 15) is 49.5 Å². The van der Waals surface area contributed by atoms with Crippen molar-refractivity contribution in [3.63, 3.8) is 0 Å². The molecule has 2 aliphatic rings. The number of aliphatic hydroxyl groups excluding tert-OH is 1. The van der Waals surface area contributed by atoms with Gasteiger partial charge in [0.1, 0.15) is 69.1 Å². The number of aromatic nitrogens is 2. The van der Waals surface area contributed by atoms with E-state index in [0.29, 0.717) is 58.1 Å². The van der Waals surface area contributed by atoms with Crippen LogP contribution in [0.4, 0.5) is 26.3 Å². The lowest BCUT2D eigenvalue weighted by atomic mass is 9.94. The first-order chi connectivity index (χ1) is 38.7. The molecule has 21 heteroatoms. The highest BCUT2D eigenvalue weighted by atomic mass is 32.2. The van der Waals surface area contributed by atoms with Gasteiger partial charge in [-0.05, 0) is 114 Å². The van der Waals surface area contributed by atoms with Gasteiger partial charge in [-0.25, -0.2) is 27.0 Å². The SMILES string of the molecule is CC(C)(C)[S@@](=O)N1Cc2cc(C(=O)NCC(F)(F)F)nc(-c3cccc(-c4cc5ccccc5o4)c3)c2[C@H]1CCO.CCC[C@@H]1c2c(cc(C(=O)NCC(F)(F)F)nc2-c2cccc(-c3cc4ccccc4o3)c2)CN1[S@](=O)C(C)(C)C. The number of rotatable bonds is 14. The number of halogens is 6. The highest BCUT2D eigenvalue weighted by Gasteiger charge is 2.43. The van der Waals surface area contributed by atoms with E-state index in [1.165, 1.54) is 12.1 Å². The van der Waals surface area contributed by atoms with Crippen LogP contribution in [0.1, 0.15) is 123 Å². The quantitative estimate of drug-likeness (QED) is 0.0897. The van der Waals surface area contributed by atoms with Crippen molar-refractivity contribution >= 4 is 55.7 Å². The number of nitrogens with zero attached hydrogens (tertiary/aromatic N) is 4. The van der Waals surface area contributed by atoms with Gasteiger partial charge >= 0.3 is 12.4 Å². The molecule has 432 valence electrons. The number of pyridine rings is 2. The van der Waals surface area contributed by atoms with Gasteiger partial charge < -0.3 is 24.6 Å². The highest BCUT2D eigenvalue weighted by Crippen LogP contribution is 2.47. The fraction of sp³-hybridized carbons (Fsp3) is 0.344. The van der Waals surface area contributed by atoms with Crippen molar-refractivity contribution < 1.29 is 58.3 Å². The third-order valence-corrected chi connectivity index (χ3v) is 17.5. The second kappa shape index (κ2) is 23.7. The number of carbonyl (C=O) groups is 2. The summed E-state index contributed by atoms with van der Waals surface area (Å²) in [5, 5.41) is 15.7. The molecule has 0 fully saturated rings. The fourth-order valence-corrected chi connectivity index (χ4v) is 13.0. The van der Waals surface area contributed by atoms with E-state index in [4.69, 9.17) is 8.83 Å². The number of nitrogens with one attached hydrogen (secondary N) is 2. The summed E-state index contributed by atoms with van der Waals surface area (Å²) in [4.78, 5) is 34.9. The zero-order valence-electron chi connectivity index (χ0n) is 46.1. The molecule has 6 heterocycles.